The number of hydrogen-bond acceptors (Lipinski definition) is 3. The summed E-state index contributed by atoms with van der Waals surface area (Å²) in [7, 11) is 3.75. The highest BCUT2D eigenvalue weighted by atomic mass is 16.2. The largest absolute Gasteiger partial charge is 0.344 e. The van der Waals surface area contributed by atoms with E-state index in [0.29, 0.717) is 19.4 Å². The van der Waals surface area contributed by atoms with Crippen LogP contribution in [0.3, 0.4) is 0 Å². The summed E-state index contributed by atoms with van der Waals surface area (Å²) in [5.74, 6) is 0.0938. The standard InChI is InChI=1S/C15H30N2O2.C2H6/c1-14(2,3)12(16-6)11-17(7)13(19)10-15(4,5)8-9-18;1-2/h9,12,16H,8,10-11H2,1-7H3;1-2H3. The molecule has 0 aromatic rings. The van der Waals surface area contributed by atoms with Crippen LogP contribution < -0.4 is 5.32 Å². The summed E-state index contributed by atoms with van der Waals surface area (Å²) in [6.45, 7) is 15.0. The Bertz CT molecular complexity index is 306. The van der Waals surface area contributed by atoms with Gasteiger partial charge in [-0.2, -0.15) is 0 Å². The van der Waals surface area contributed by atoms with Gasteiger partial charge in [0.1, 0.15) is 6.29 Å². The fourth-order valence-corrected chi connectivity index (χ4v) is 2.02. The number of carbonyl (C=O) groups is 2. The first kappa shape index (κ1) is 22.4. The first-order valence-corrected chi connectivity index (χ1v) is 7.88. The maximum Gasteiger partial charge on any atom is 0.222 e. The van der Waals surface area contributed by atoms with E-state index in [2.05, 4.69) is 26.1 Å². The molecule has 0 aliphatic carbocycles. The monoisotopic (exact) mass is 300 g/mol. The van der Waals surface area contributed by atoms with Crippen LogP contribution in [-0.4, -0.2) is 43.8 Å². The third-order valence-corrected chi connectivity index (χ3v) is 3.54. The summed E-state index contributed by atoms with van der Waals surface area (Å²) >= 11 is 0. The number of amides is 1. The quantitative estimate of drug-likeness (QED) is 0.735. The van der Waals surface area contributed by atoms with Crippen LogP contribution in [0.2, 0.25) is 0 Å². The van der Waals surface area contributed by atoms with Crippen LogP contribution in [0.25, 0.3) is 0 Å². The molecule has 1 N–H and O–H groups in total. The Labute approximate surface area is 131 Å². The second-order valence-corrected chi connectivity index (χ2v) is 7.19. The van der Waals surface area contributed by atoms with Crippen molar-refractivity contribution in [1.82, 2.24) is 10.2 Å². The third kappa shape index (κ3) is 9.62. The molecule has 21 heavy (non-hydrogen) atoms. The number of nitrogens with zero attached hydrogens (tertiary/aromatic N) is 1. The Morgan fingerprint density at radius 1 is 1.19 bits per heavy atom. The average Bonchev–Trinajstić information content (AvgIpc) is 2.35. The molecule has 0 bridgehead atoms. The predicted octanol–water partition coefficient (Wildman–Crippen LogP) is 3.11. The minimum absolute atomic E-state index is 0.0938. The van der Waals surface area contributed by atoms with E-state index in [1.54, 1.807) is 4.90 Å². The minimum Gasteiger partial charge on any atom is -0.344 e. The van der Waals surface area contributed by atoms with Gasteiger partial charge in [0.15, 0.2) is 0 Å². The maximum absolute atomic E-state index is 12.2. The van der Waals surface area contributed by atoms with Gasteiger partial charge in [0.05, 0.1) is 0 Å². The average molecular weight is 300 g/mol. The zero-order valence-electron chi connectivity index (χ0n) is 15.5. The van der Waals surface area contributed by atoms with E-state index in [-0.39, 0.29) is 22.8 Å². The number of carbonyl (C=O) groups excluding carboxylic acids is 2. The van der Waals surface area contributed by atoms with Crippen LogP contribution in [0, 0.1) is 10.8 Å². The molecular formula is C17H36N2O2. The molecule has 0 saturated carbocycles. The molecule has 0 aromatic carbocycles. The van der Waals surface area contributed by atoms with E-state index >= 15 is 0 Å². The molecule has 0 fully saturated rings. The molecule has 0 aliphatic rings. The Morgan fingerprint density at radius 3 is 2.00 bits per heavy atom. The topological polar surface area (TPSA) is 49.4 Å². The van der Waals surface area contributed by atoms with E-state index in [1.165, 1.54) is 0 Å². The molecular weight excluding hydrogens is 264 g/mol. The van der Waals surface area contributed by atoms with Crippen molar-refractivity contribution in [3.63, 3.8) is 0 Å². The summed E-state index contributed by atoms with van der Waals surface area (Å²) in [4.78, 5) is 24.5. The van der Waals surface area contributed by atoms with Gasteiger partial charge in [-0.3, -0.25) is 4.79 Å². The van der Waals surface area contributed by atoms with Gasteiger partial charge in [-0.15, -0.1) is 0 Å². The molecule has 0 aliphatic heterocycles. The normalized spacial score (nSPS) is 13.0. The lowest BCUT2D eigenvalue weighted by Crippen LogP contribution is -2.48. The van der Waals surface area contributed by atoms with Crippen molar-refractivity contribution in [2.24, 2.45) is 10.8 Å². The lowest BCUT2D eigenvalue weighted by atomic mass is 9.84. The van der Waals surface area contributed by atoms with E-state index < -0.39 is 0 Å². The summed E-state index contributed by atoms with van der Waals surface area (Å²) in [5, 5.41) is 3.27. The van der Waals surface area contributed by atoms with Crippen molar-refractivity contribution in [2.45, 2.75) is 67.3 Å². The molecule has 1 unspecified atom stereocenters. The summed E-state index contributed by atoms with van der Waals surface area (Å²) < 4.78 is 0. The van der Waals surface area contributed by atoms with Gasteiger partial charge >= 0.3 is 0 Å². The smallest absolute Gasteiger partial charge is 0.222 e. The SMILES string of the molecule is CC.CNC(CN(C)C(=O)CC(C)(C)CC=O)C(C)(C)C. The second kappa shape index (κ2) is 9.93. The maximum atomic E-state index is 12.2. The molecule has 0 spiro atoms. The van der Waals surface area contributed by atoms with Crippen LogP contribution in [0.4, 0.5) is 0 Å². The van der Waals surface area contributed by atoms with E-state index in [0.717, 1.165) is 6.29 Å². The molecule has 0 aromatic heterocycles. The Hall–Kier alpha value is -0.900. The first-order chi connectivity index (χ1) is 9.53. The Kier molecular flexibility index (Phi) is 10.6. The van der Waals surface area contributed by atoms with Crippen molar-refractivity contribution >= 4 is 12.2 Å². The molecule has 0 saturated heterocycles. The summed E-state index contributed by atoms with van der Waals surface area (Å²) in [5.41, 5.74) is -0.161. The molecule has 1 amide bonds. The molecule has 0 rings (SSSR count). The van der Waals surface area contributed by atoms with Gasteiger partial charge in [-0.05, 0) is 17.9 Å². The van der Waals surface area contributed by atoms with Gasteiger partial charge < -0.3 is 15.0 Å². The lowest BCUT2D eigenvalue weighted by molar-refractivity contribution is -0.132. The van der Waals surface area contributed by atoms with Crippen molar-refractivity contribution in [2.75, 3.05) is 20.6 Å². The van der Waals surface area contributed by atoms with E-state index in [9.17, 15) is 9.59 Å². The number of rotatable bonds is 7. The molecule has 4 heteroatoms. The second-order valence-electron chi connectivity index (χ2n) is 7.19. The van der Waals surface area contributed by atoms with Crippen molar-refractivity contribution in [3.8, 4) is 0 Å². The zero-order chi connectivity index (χ0) is 17.3. The number of nitrogens with one attached hydrogen (secondary N) is 1. The third-order valence-electron chi connectivity index (χ3n) is 3.54. The number of hydrogen-bond donors (Lipinski definition) is 1. The molecule has 4 nitrogen and oxygen atoms in total. The summed E-state index contributed by atoms with van der Waals surface area (Å²) in [6.07, 6.45) is 1.71. The van der Waals surface area contributed by atoms with Crippen LogP contribution in [0.5, 0.6) is 0 Å². The Balaban J connectivity index is 0. The fourth-order valence-electron chi connectivity index (χ4n) is 2.02. The molecule has 0 heterocycles. The highest BCUT2D eigenvalue weighted by molar-refractivity contribution is 5.77. The van der Waals surface area contributed by atoms with Gasteiger partial charge in [0, 0.05) is 32.5 Å². The number of likely N-dealkylation sites (N-methyl/N-ethyl adjacent to an activating group) is 2. The van der Waals surface area contributed by atoms with Crippen LogP contribution in [0.15, 0.2) is 0 Å². The van der Waals surface area contributed by atoms with Crippen molar-refractivity contribution in [3.05, 3.63) is 0 Å². The lowest BCUT2D eigenvalue weighted by Gasteiger charge is -2.34. The summed E-state index contributed by atoms with van der Waals surface area (Å²) in [6, 6.07) is 0.246. The first-order valence-electron chi connectivity index (χ1n) is 7.88. The van der Waals surface area contributed by atoms with Crippen molar-refractivity contribution < 1.29 is 9.59 Å². The molecule has 0 radical (unpaired) electrons. The highest BCUT2D eigenvalue weighted by Gasteiger charge is 2.28. The predicted molar refractivity (Wildman–Crippen MR) is 90.4 cm³/mol. The molecule has 1 atom stereocenters. The van der Waals surface area contributed by atoms with Gasteiger partial charge in [0.25, 0.3) is 0 Å². The van der Waals surface area contributed by atoms with Gasteiger partial charge in [0.2, 0.25) is 5.91 Å². The minimum atomic E-state index is -0.260. The fraction of sp³-hybridized carbons (Fsp3) is 0.882. The van der Waals surface area contributed by atoms with Crippen LogP contribution in [0.1, 0.15) is 61.3 Å². The number of aldehydes is 1. The zero-order valence-corrected chi connectivity index (χ0v) is 15.5. The van der Waals surface area contributed by atoms with Crippen LogP contribution >= 0.6 is 0 Å². The highest BCUT2D eigenvalue weighted by Crippen LogP contribution is 2.25. The molecule has 126 valence electrons. The van der Waals surface area contributed by atoms with Gasteiger partial charge in [-0.1, -0.05) is 48.5 Å². The van der Waals surface area contributed by atoms with E-state index in [1.807, 2.05) is 41.8 Å². The van der Waals surface area contributed by atoms with Crippen LogP contribution in [-0.2, 0) is 9.59 Å². The van der Waals surface area contributed by atoms with Crippen molar-refractivity contribution in [1.29, 1.82) is 0 Å². The van der Waals surface area contributed by atoms with Gasteiger partial charge in [-0.25, -0.2) is 0 Å². The van der Waals surface area contributed by atoms with E-state index in [4.69, 9.17) is 0 Å². The Morgan fingerprint density at radius 2 is 1.67 bits per heavy atom.